The van der Waals surface area contributed by atoms with Crippen LogP contribution in [-0.2, 0) is 4.79 Å². The average molecular weight is 240 g/mol. The van der Waals surface area contributed by atoms with E-state index >= 15 is 0 Å². The predicted molar refractivity (Wildman–Crippen MR) is 71.6 cm³/mol. The molecule has 0 unspecified atom stereocenters. The van der Waals surface area contributed by atoms with Crippen molar-refractivity contribution in [1.29, 1.82) is 0 Å². The molecule has 0 aromatic heterocycles. The van der Waals surface area contributed by atoms with E-state index in [1.165, 1.54) is 6.42 Å². The summed E-state index contributed by atoms with van der Waals surface area (Å²) in [5, 5.41) is 3.43. The van der Waals surface area contributed by atoms with Gasteiger partial charge in [0.1, 0.15) is 0 Å². The van der Waals surface area contributed by atoms with E-state index in [0.717, 1.165) is 12.8 Å². The molecule has 0 radical (unpaired) electrons. The highest BCUT2D eigenvalue weighted by molar-refractivity contribution is 5.83. The number of rotatable bonds is 3. The van der Waals surface area contributed by atoms with Crippen LogP contribution in [0.2, 0.25) is 0 Å². The third-order valence-corrected chi connectivity index (χ3v) is 3.74. The summed E-state index contributed by atoms with van der Waals surface area (Å²) < 4.78 is 0. The van der Waals surface area contributed by atoms with Crippen molar-refractivity contribution in [2.24, 2.45) is 16.6 Å². The number of hydrogen-bond donors (Lipinski definition) is 2. The molecule has 1 fully saturated rings. The summed E-state index contributed by atoms with van der Waals surface area (Å²) in [5.74, 6) is -0.279. The molecule has 0 aliphatic heterocycles. The molecule has 1 saturated carbocycles. The van der Waals surface area contributed by atoms with Gasteiger partial charge in [-0.05, 0) is 43.9 Å². The highest BCUT2D eigenvalue weighted by Gasteiger charge is 2.40. The number of carbonyl (C=O) groups excluding carboxylic acids is 1. The summed E-state index contributed by atoms with van der Waals surface area (Å²) >= 11 is 0. The van der Waals surface area contributed by atoms with Crippen LogP contribution in [-0.4, -0.2) is 17.5 Å². The number of nitrogens with one attached hydrogen (secondary N) is 1. The molecule has 0 aromatic carbocycles. The highest BCUT2D eigenvalue weighted by Crippen LogP contribution is 2.45. The monoisotopic (exact) mass is 240 g/mol. The molecule has 0 spiro atoms. The van der Waals surface area contributed by atoms with Crippen LogP contribution < -0.4 is 11.1 Å². The smallest absolute Gasteiger partial charge is 0.237 e. The van der Waals surface area contributed by atoms with Crippen molar-refractivity contribution < 1.29 is 4.79 Å². The molecule has 0 aromatic rings. The quantitative estimate of drug-likeness (QED) is 0.796. The van der Waals surface area contributed by atoms with Crippen LogP contribution in [0.15, 0.2) is 0 Å². The first-order valence-corrected chi connectivity index (χ1v) is 6.51. The minimum absolute atomic E-state index is 0.279. The standard InChI is InChI=1S/C14H28N2O/c1-12(2)7-10(8-13(3,4)9-12)16-14(5,6)11(15)17/h10,16H,7-9H2,1-6H3,(H2,15,17). The van der Waals surface area contributed by atoms with Gasteiger partial charge in [0.15, 0.2) is 0 Å². The van der Waals surface area contributed by atoms with E-state index in [2.05, 4.69) is 33.0 Å². The van der Waals surface area contributed by atoms with Crippen LogP contribution in [0.4, 0.5) is 0 Å². The molecule has 0 bridgehead atoms. The lowest BCUT2D eigenvalue weighted by molar-refractivity contribution is -0.123. The Labute approximate surface area is 106 Å². The third-order valence-electron chi connectivity index (χ3n) is 3.74. The molecule has 0 saturated heterocycles. The fourth-order valence-corrected chi connectivity index (χ4v) is 3.53. The van der Waals surface area contributed by atoms with E-state index < -0.39 is 5.54 Å². The van der Waals surface area contributed by atoms with Crippen molar-refractivity contribution in [3.8, 4) is 0 Å². The molecule has 100 valence electrons. The molecular formula is C14H28N2O. The fourth-order valence-electron chi connectivity index (χ4n) is 3.53. The Hall–Kier alpha value is -0.570. The summed E-state index contributed by atoms with van der Waals surface area (Å²) in [6, 6.07) is 0.372. The van der Waals surface area contributed by atoms with Gasteiger partial charge in [-0.2, -0.15) is 0 Å². The van der Waals surface area contributed by atoms with Gasteiger partial charge in [-0.15, -0.1) is 0 Å². The molecule has 1 amide bonds. The summed E-state index contributed by atoms with van der Waals surface area (Å²) in [4.78, 5) is 11.4. The highest BCUT2D eigenvalue weighted by atomic mass is 16.1. The Bertz CT molecular complexity index is 289. The number of carbonyl (C=O) groups is 1. The predicted octanol–water partition coefficient (Wildman–Crippen LogP) is 2.44. The lowest BCUT2D eigenvalue weighted by Gasteiger charge is -2.47. The van der Waals surface area contributed by atoms with E-state index in [0.29, 0.717) is 16.9 Å². The van der Waals surface area contributed by atoms with E-state index in [1.54, 1.807) is 0 Å². The minimum Gasteiger partial charge on any atom is -0.368 e. The van der Waals surface area contributed by atoms with Gasteiger partial charge in [0.2, 0.25) is 5.91 Å². The third kappa shape index (κ3) is 3.98. The first-order valence-electron chi connectivity index (χ1n) is 6.51. The van der Waals surface area contributed by atoms with Crippen molar-refractivity contribution >= 4 is 5.91 Å². The molecular weight excluding hydrogens is 212 g/mol. The molecule has 3 heteroatoms. The normalized spacial score (nSPS) is 24.6. The van der Waals surface area contributed by atoms with Crippen LogP contribution in [0, 0.1) is 10.8 Å². The van der Waals surface area contributed by atoms with Crippen LogP contribution in [0.3, 0.4) is 0 Å². The zero-order valence-electron chi connectivity index (χ0n) is 12.2. The Morgan fingerprint density at radius 1 is 1.18 bits per heavy atom. The zero-order valence-corrected chi connectivity index (χ0v) is 12.2. The maximum atomic E-state index is 11.4. The molecule has 1 aliphatic carbocycles. The van der Waals surface area contributed by atoms with Gasteiger partial charge < -0.3 is 11.1 Å². The Morgan fingerprint density at radius 2 is 1.59 bits per heavy atom. The second-order valence-corrected chi connectivity index (χ2v) is 7.74. The molecule has 0 atom stereocenters. The van der Waals surface area contributed by atoms with Gasteiger partial charge in [0.05, 0.1) is 5.54 Å². The number of hydrogen-bond acceptors (Lipinski definition) is 2. The Balaban J connectivity index is 2.76. The Morgan fingerprint density at radius 3 is 1.94 bits per heavy atom. The van der Waals surface area contributed by atoms with Gasteiger partial charge in [-0.25, -0.2) is 0 Å². The second-order valence-electron chi connectivity index (χ2n) is 7.74. The largest absolute Gasteiger partial charge is 0.368 e. The molecule has 17 heavy (non-hydrogen) atoms. The van der Waals surface area contributed by atoms with E-state index in [4.69, 9.17) is 5.73 Å². The molecule has 1 rings (SSSR count). The van der Waals surface area contributed by atoms with Crippen molar-refractivity contribution in [3.63, 3.8) is 0 Å². The van der Waals surface area contributed by atoms with Gasteiger partial charge in [0.25, 0.3) is 0 Å². The van der Waals surface area contributed by atoms with Gasteiger partial charge in [-0.3, -0.25) is 4.79 Å². The molecule has 3 N–H and O–H groups in total. The summed E-state index contributed by atoms with van der Waals surface area (Å²) in [7, 11) is 0. The lowest BCUT2D eigenvalue weighted by atomic mass is 9.63. The van der Waals surface area contributed by atoms with E-state index in [-0.39, 0.29) is 5.91 Å². The minimum atomic E-state index is -0.617. The van der Waals surface area contributed by atoms with Crippen LogP contribution >= 0.6 is 0 Å². The van der Waals surface area contributed by atoms with Crippen molar-refractivity contribution in [1.82, 2.24) is 5.32 Å². The average Bonchev–Trinajstić information content (AvgIpc) is 1.94. The molecule has 3 nitrogen and oxygen atoms in total. The SMILES string of the molecule is CC1(C)CC(NC(C)(C)C(N)=O)CC(C)(C)C1. The summed E-state index contributed by atoms with van der Waals surface area (Å²) in [5.41, 5.74) is 5.46. The Kier molecular flexibility index (Phi) is 3.64. The topological polar surface area (TPSA) is 55.1 Å². The van der Waals surface area contributed by atoms with Crippen molar-refractivity contribution in [3.05, 3.63) is 0 Å². The van der Waals surface area contributed by atoms with Crippen molar-refractivity contribution in [2.75, 3.05) is 0 Å². The number of amides is 1. The fraction of sp³-hybridized carbons (Fsp3) is 0.929. The maximum Gasteiger partial charge on any atom is 0.237 e. The van der Waals surface area contributed by atoms with E-state index in [1.807, 2.05) is 13.8 Å². The molecule has 1 aliphatic rings. The summed E-state index contributed by atoms with van der Waals surface area (Å²) in [6.45, 7) is 13.0. The first kappa shape index (κ1) is 14.5. The van der Waals surface area contributed by atoms with E-state index in [9.17, 15) is 4.79 Å². The van der Waals surface area contributed by atoms with Crippen molar-refractivity contribution in [2.45, 2.75) is 72.4 Å². The molecule has 0 heterocycles. The zero-order chi connectivity index (χ0) is 13.5. The summed E-state index contributed by atoms with van der Waals surface area (Å²) in [6.07, 6.45) is 3.44. The first-order chi connectivity index (χ1) is 7.44. The van der Waals surface area contributed by atoms with Gasteiger partial charge >= 0.3 is 0 Å². The van der Waals surface area contributed by atoms with Gasteiger partial charge in [0, 0.05) is 6.04 Å². The number of primary amides is 1. The lowest BCUT2D eigenvalue weighted by Crippen LogP contribution is -2.57. The van der Waals surface area contributed by atoms with Gasteiger partial charge in [-0.1, -0.05) is 27.7 Å². The van der Waals surface area contributed by atoms with Crippen LogP contribution in [0.5, 0.6) is 0 Å². The maximum absolute atomic E-state index is 11.4. The second kappa shape index (κ2) is 4.27. The van der Waals surface area contributed by atoms with Crippen LogP contribution in [0.1, 0.15) is 60.8 Å². The number of nitrogens with two attached hydrogens (primary N) is 1. The van der Waals surface area contributed by atoms with Crippen LogP contribution in [0.25, 0.3) is 0 Å².